The van der Waals surface area contributed by atoms with E-state index in [0.29, 0.717) is 0 Å². The molecule has 26 heavy (non-hydrogen) atoms. The van der Waals surface area contributed by atoms with Crippen LogP contribution in [0.3, 0.4) is 0 Å². The van der Waals surface area contributed by atoms with Crippen LogP contribution in [0.15, 0.2) is 41.4 Å². The maximum absolute atomic E-state index is 5.75. The summed E-state index contributed by atoms with van der Waals surface area (Å²) in [5, 5.41) is 0. The second-order valence-corrected chi connectivity index (χ2v) is 6.64. The van der Waals surface area contributed by atoms with Crippen molar-refractivity contribution in [3.8, 4) is 22.8 Å². The van der Waals surface area contributed by atoms with Crippen molar-refractivity contribution >= 4 is 5.69 Å². The predicted molar refractivity (Wildman–Crippen MR) is 98.0 cm³/mol. The molecule has 2 aliphatic rings. The van der Waals surface area contributed by atoms with Gasteiger partial charge in [0.05, 0.1) is 37.1 Å². The Balaban J connectivity index is 1.75. The molecular weight excluding hydrogens is 328 g/mol. The molecule has 0 saturated carbocycles. The first kappa shape index (κ1) is 15.5. The molecule has 3 aromatic rings. The van der Waals surface area contributed by atoms with Gasteiger partial charge in [-0.3, -0.25) is 9.97 Å². The van der Waals surface area contributed by atoms with Gasteiger partial charge in [-0.05, 0) is 42.5 Å². The number of furan rings is 1. The molecule has 0 amide bonds. The van der Waals surface area contributed by atoms with Gasteiger partial charge in [-0.2, -0.15) is 0 Å². The quantitative estimate of drug-likeness (QED) is 0.725. The van der Waals surface area contributed by atoms with Gasteiger partial charge < -0.3 is 14.1 Å². The Morgan fingerprint density at radius 1 is 1.00 bits per heavy atom. The largest absolute Gasteiger partial charge is 0.463 e. The Labute approximate surface area is 151 Å². The van der Waals surface area contributed by atoms with E-state index in [-0.39, 0.29) is 0 Å². The summed E-state index contributed by atoms with van der Waals surface area (Å²) >= 11 is 0. The maximum atomic E-state index is 5.75. The molecule has 6 nitrogen and oxygen atoms in total. The third kappa shape index (κ3) is 2.57. The number of aromatic nitrogens is 3. The van der Waals surface area contributed by atoms with E-state index in [0.717, 1.165) is 68.4 Å². The first-order valence-electron chi connectivity index (χ1n) is 9.10. The molecule has 3 aromatic heterocycles. The molecule has 5 rings (SSSR count). The lowest BCUT2D eigenvalue weighted by molar-refractivity contribution is 0.122. The minimum atomic E-state index is 0.748. The van der Waals surface area contributed by atoms with E-state index < -0.39 is 0 Å². The van der Waals surface area contributed by atoms with Gasteiger partial charge in [0.1, 0.15) is 11.4 Å². The van der Waals surface area contributed by atoms with E-state index >= 15 is 0 Å². The fourth-order valence-electron chi connectivity index (χ4n) is 3.99. The number of hydrogen-bond donors (Lipinski definition) is 0. The van der Waals surface area contributed by atoms with Crippen LogP contribution in [0.5, 0.6) is 0 Å². The molecule has 132 valence electrons. The van der Waals surface area contributed by atoms with Crippen LogP contribution >= 0.6 is 0 Å². The summed E-state index contributed by atoms with van der Waals surface area (Å²) in [6.45, 7) is 3.26. The molecular formula is C20H20N4O2. The highest BCUT2D eigenvalue weighted by molar-refractivity contribution is 5.81. The van der Waals surface area contributed by atoms with Crippen molar-refractivity contribution in [3.05, 3.63) is 48.1 Å². The zero-order valence-corrected chi connectivity index (χ0v) is 14.5. The molecule has 6 heteroatoms. The summed E-state index contributed by atoms with van der Waals surface area (Å²) in [5.41, 5.74) is 6.57. The van der Waals surface area contributed by atoms with Gasteiger partial charge in [-0.15, -0.1) is 0 Å². The summed E-state index contributed by atoms with van der Waals surface area (Å²) in [6, 6.07) is 3.89. The van der Waals surface area contributed by atoms with Crippen molar-refractivity contribution in [1.29, 1.82) is 0 Å². The van der Waals surface area contributed by atoms with Gasteiger partial charge in [-0.1, -0.05) is 0 Å². The highest BCUT2D eigenvalue weighted by Crippen LogP contribution is 2.42. The molecule has 0 N–H and O–H groups in total. The topological polar surface area (TPSA) is 64.3 Å². The number of pyridine rings is 1. The Bertz CT molecular complexity index is 903. The van der Waals surface area contributed by atoms with Crippen LogP contribution in [0.25, 0.3) is 22.8 Å². The summed E-state index contributed by atoms with van der Waals surface area (Å²) < 4.78 is 11.3. The zero-order valence-electron chi connectivity index (χ0n) is 14.5. The minimum Gasteiger partial charge on any atom is -0.463 e. The van der Waals surface area contributed by atoms with Crippen molar-refractivity contribution in [2.75, 3.05) is 31.2 Å². The van der Waals surface area contributed by atoms with E-state index in [1.54, 1.807) is 24.9 Å². The van der Waals surface area contributed by atoms with E-state index in [4.69, 9.17) is 14.1 Å². The van der Waals surface area contributed by atoms with E-state index in [9.17, 15) is 0 Å². The monoisotopic (exact) mass is 348 g/mol. The lowest BCUT2D eigenvalue weighted by atomic mass is 10.0. The van der Waals surface area contributed by atoms with Crippen molar-refractivity contribution in [2.45, 2.75) is 19.3 Å². The summed E-state index contributed by atoms with van der Waals surface area (Å²) in [4.78, 5) is 16.2. The number of morpholine rings is 1. The molecule has 0 bridgehead atoms. The number of ether oxygens (including phenoxy) is 1. The van der Waals surface area contributed by atoms with Gasteiger partial charge in [-0.25, -0.2) is 4.98 Å². The fraction of sp³-hybridized carbons (Fsp3) is 0.350. The molecule has 0 spiro atoms. The molecule has 0 aromatic carbocycles. The lowest BCUT2D eigenvalue weighted by Crippen LogP contribution is -2.37. The SMILES string of the molecule is c1coc(-c2nc(-c3cnccn3)c3c(c2N2CCOCC2)CCC3)c1. The third-order valence-electron chi connectivity index (χ3n) is 5.13. The average molecular weight is 348 g/mol. The Morgan fingerprint density at radius 2 is 1.88 bits per heavy atom. The van der Waals surface area contributed by atoms with Gasteiger partial charge in [0.2, 0.25) is 0 Å². The van der Waals surface area contributed by atoms with Crippen LogP contribution in [-0.2, 0) is 17.6 Å². The van der Waals surface area contributed by atoms with Crippen molar-refractivity contribution < 1.29 is 9.15 Å². The van der Waals surface area contributed by atoms with Gasteiger partial charge >= 0.3 is 0 Å². The smallest absolute Gasteiger partial charge is 0.154 e. The predicted octanol–water partition coefficient (Wildman–Crippen LogP) is 3.12. The number of rotatable bonds is 3. The fourth-order valence-corrected chi connectivity index (χ4v) is 3.99. The van der Waals surface area contributed by atoms with Gasteiger partial charge in [0.15, 0.2) is 5.76 Å². The number of fused-ring (bicyclic) bond motifs is 1. The lowest BCUT2D eigenvalue weighted by Gasteiger charge is -2.32. The van der Waals surface area contributed by atoms with Crippen LogP contribution in [0, 0.1) is 0 Å². The average Bonchev–Trinajstić information content (AvgIpc) is 3.40. The molecule has 1 fully saturated rings. The molecule has 0 radical (unpaired) electrons. The Kier molecular flexibility index (Phi) is 3.90. The minimum absolute atomic E-state index is 0.748. The maximum Gasteiger partial charge on any atom is 0.154 e. The number of nitrogens with zero attached hydrogens (tertiary/aromatic N) is 4. The van der Waals surface area contributed by atoms with Crippen molar-refractivity contribution in [3.63, 3.8) is 0 Å². The highest BCUT2D eigenvalue weighted by atomic mass is 16.5. The van der Waals surface area contributed by atoms with E-state index in [2.05, 4.69) is 14.9 Å². The number of hydrogen-bond acceptors (Lipinski definition) is 6. The molecule has 1 aliphatic heterocycles. The third-order valence-corrected chi connectivity index (χ3v) is 5.13. The van der Waals surface area contributed by atoms with Crippen LogP contribution in [0.4, 0.5) is 5.69 Å². The Morgan fingerprint density at radius 3 is 2.65 bits per heavy atom. The standard InChI is InChI=1S/C20H20N4O2/c1-3-14-15(4-1)20(24-8-11-25-12-9-24)19(17-5-2-10-26-17)23-18(14)16-13-21-6-7-22-16/h2,5-7,10,13H,1,3-4,8-9,11-12H2. The van der Waals surface area contributed by atoms with Crippen LogP contribution in [-0.4, -0.2) is 41.3 Å². The number of anilines is 1. The van der Waals surface area contributed by atoms with Crippen molar-refractivity contribution in [2.24, 2.45) is 0 Å². The summed E-state index contributed by atoms with van der Waals surface area (Å²) in [5.74, 6) is 0.798. The summed E-state index contributed by atoms with van der Waals surface area (Å²) in [7, 11) is 0. The Hall–Kier alpha value is -2.73. The molecule has 0 unspecified atom stereocenters. The second kappa shape index (κ2) is 6.53. The van der Waals surface area contributed by atoms with Crippen LogP contribution in [0.2, 0.25) is 0 Å². The molecule has 1 saturated heterocycles. The van der Waals surface area contributed by atoms with Crippen molar-refractivity contribution in [1.82, 2.24) is 15.0 Å². The first-order chi connectivity index (χ1) is 12.9. The van der Waals surface area contributed by atoms with Gasteiger partial charge in [0, 0.05) is 25.5 Å². The zero-order chi connectivity index (χ0) is 17.3. The second-order valence-electron chi connectivity index (χ2n) is 6.64. The van der Waals surface area contributed by atoms with E-state index in [1.807, 2.05) is 12.1 Å². The summed E-state index contributed by atoms with van der Waals surface area (Å²) in [6.07, 6.45) is 10.1. The normalized spacial score (nSPS) is 16.7. The van der Waals surface area contributed by atoms with E-state index in [1.165, 1.54) is 16.8 Å². The highest BCUT2D eigenvalue weighted by Gasteiger charge is 2.29. The molecule has 1 aliphatic carbocycles. The van der Waals surface area contributed by atoms with Gasteiger partial charge in [0.25, 0.3) is 0 Å². The van der Waals surface area contributed by atoms with Crippen LogP contribution < -0.4 is 4.90 Å². The van der Waals surface area contributed by atoms with Crippen LogP contribution in [0.1, 0.15) is 17.5 Å². The molecule has 4 heterocycles. The first-order valence-corrected chi connectivity index (χ1v) is 9.10. The molecule has 0 atom stereocenters.